The molecule has 3 nitrogen and oxygen atoms in total. The molecule has 0 amide bonds. The van der Waals surface area contributed by atoms with E-state index in [1.54, 1.807) is 0 Å². The second-order valence-electron chi connectivity index (χ2n) is 6.53. The van der Waals surface area contributed by atoms with Crippen LogP contribution in [0.25, 0.3) is 0 Å². The minimum atomic E-state index is 0.625. The van der Waals surface area contributed by atoms with Crippen molar-refractivity contribution < 1.29 is 0 Å². The lowest BCUT2D eigenvalue weighted by Crippen LogP contribution is -2.47. The molecule has 3 rings (SSSR count). The average Bonchev–Trinajstić information content (AvgIpc) is 3.02. The van der Waals surface area contributed by atoms with Gasteiger partial charge in [-0.25, -0.2) is 0 Å². The average molecular weight is 287 g/mol. The van der Waals surface area contributed by atoms with Gasteiger partial charge in [-0.15, -0.1) is 0 Å². The van der Waals surface area contributed by atoms with E-state index >= 15 is 0 Å². The Kier molecular flexibility index (Phi) is 4.69. The molecule has 0 spiro atoms. The molecule has 21 heavy (non-hydrogen) atoms. The van der Waals surface area contributed by atoms with Crippen LogP contribution in [0, 0.1) is 0 Å². The molecule has 2 aliphatic rings. The van der Waals surface area contributed by atoms with E-state index in [1.165, 1.54) is 56.7 Å². The lowest BCUT2D eigenvalue weighted by atomic mass is 9.97. The Balaban J connectivity index is 1.64. The largest absolute Gasteiger partial charge is 0.372 e. The van der Waals surface area contributed by atoms with Gasteiger partial charge in [-0.05, 0) is 63.4 Å². The molecule has 0 bridgehead atoms. The second kappa shape index (κ2) is 6.69. The Morgan fingerprint density at radius 3 is 2.33 bits per heavy atom. The van der Waals surface area contributed by atoms with Gasteiger partial charge < -0.3 is 15.1 Å². The monoisotopic (exact) mass is 287 g/mol. The fourth-order valence-electron chi connectivity index (χ4n) is 3.86. The summed E-state index contributed by atoms with van der Waals surface area (Å²) in [6.07, 6.45) is 5.20. The molecule has 0 aromatic heterocycles. The zero-order chi connectivity index (χ0) is 14.7. The van der Waals surface area contributed by atoms with E-state index in [0.717, 1.165) is 6.54 Å². The van der Waals surface area contributed by atoms with Crippen LogP contribution in [0.5, 0.6) is 0 Å². The Morgan fingerprint density at radius 2 is 1.71 bits per heavy atom. The third kappa shape index (κ3) is 3.34. The molecule has 1 aromatic carbocycles. The summed E-state index contributed by atoms with van der Waals surface area (Å²) in [6, 6.07) is 10.6. The van der Waals surface area contributed by atoms with Crippen LogP contribution in [-0.4, -0.2) is 38.3 Å². The molecule has 0 radical (unpaired) electrons. The first-order chi connectivity index (χ1) is 10.3. The number of benzene rings is 1. The lowest BCUT2D eigenvalue weighted by molar-refractivity contribution is 0.374. The number of hydrogen-bond donors (Lipinski definition) is 1. The Bertz CT molecular complexity index is 436. The first kappa shape index (κ1) is 14.7. The van der Waals surface area contributed by atoms with Crippen molar-refractivity contribution in [2.24, 2.45) is 0 Å². The zero-order valence-corrected chi connectivity index (χ0v) is 13.5. The van der Waals surface area contributed by atoms with E-state index in [1.807, 2.05) is 0 Å². The maximum absolute atomic E-state index is 3.60. The second-order valence-corrected chi connectivity index (χ2v) is 6.53. The quantitative estimate of drug-likeness (QED) is 0.917. The summed E-state index contributed by atoms with van der Waals surface area (Å²) in [5, 5.41) is 3.60. The van der Waals surface area contributed by atoms with E-state index in [4.69, 9.17) is 0 Å². The molecule has 1 N–H and O–H groups in total. The van der Waals surface area contributed by atoms with Gasteiger partial charge in [0.05, 0.1) is 0 Å². The van der Waals surface area contributed by atoms with Gasteiger partial charge in [-0.1, -0.05) is 6.92 Å². The molecular weight excluding hydrogens is 258 g/mol. The molecule has 1 aromatic rings. The molecule has 2 unspecified atom stereocenters. The number of nitrogens with zero attached hydrogens (tertiary/aromatic N) is 2. The molecule has 0 saturated carbocycles. The highest BCUT2D eigenvalue weighted by Gasteiger charge is 2.25. The van der Waals surface area contributed by atoms with Gasteiger partial charge >= 0.3 is 0 Å². The van der Waals surface area contributed by atoms with E-state index < -0.39 is 0 Å². The van der Waals surface area contributed by atoms with Crippen molar-refractivity contribution in [2.45, 2.75) is 51.6 Å². The van der Waals surface area contributed by atoms with Crippen molar-refractivity contribution >= 4 is 11.4 Å². The molecule has 2 heterocycles. The van der Waals surface area contributed by atoms with Gasteiger partial charge in [0.25, 0.3) is 0 Å². The highest BCUT2D eigenvalue weighted by molar-refractivity contribution is 5.57. The Hall–Kier alpha value is -1.22. The summed E-state index contributed by atoms with van der Waals surface area (Å²) < 4.78 is 0. The highest BCUT2D eigenvalue weighted by Crippen LogP contribution is 2.28. The minimum Gasteiger partial charge on any atom is -0.372 e. The van der Waals surface area contributed by atoms with Gasteiger partial charge in [0.1, 0.15) is 0 Å². The topological polar surface area (TPSA) is 18.5 Å². The van der Waals surface area contributed by atoms with Gasteiger partial charge in [0.2, 0.25) is 0 Å². The fraction of sp³-hybridized carbons (Fsp3) is 0.667. The highest BCUT2D eigenvalue weighted by atomic mass is 15.2. The first-order valence-corrected chi connectivity index (χ1v) is 8.63. The predicted molar refractivity (Wildman–Crippen MR) is 91.4 cm³/mol. The molecular formula is C18H29N3. The maximum atomic E-state index is 3.60. The van der Waals surface area contributed by atoms with Crippen LogP contribution < -0.4 is 15.1 Å². The summed E-state index contributed by atoms with van der Waals surface area (Å²) in [5.74, 6) is 0. The summed E-state index contributed by atoms with van der Waals surface area (Å²) in [7, 11) is 0. The fourth-order valence-corrected chi connectivity index (χ4v) is 3.86. The van der Waals surface area contributed by atoms with E-state index in [-0.39, 0.29) is 0 Å². The zero-order valence-electron chi connectivity index (χ0n) is 13.5. The van der Waals surface area contributed by atoms with Crippen LogP contribution in [0.4, 0.5) is 11.4 Å². The van der Waals surface area contributed by atoms with Gasteiger partial charge in [-0.3, -0.25) is 0 Å². The van der Waals surface area contributed by atoms with Gasteiger partial charge in [-0.2, -0.15) is 0 Å². The predicted octanol–water partition coefficient (Wildman–Crippen LogP) is 3.25. The van der Waals surface area contributed by atoms with Crippen molar-refractivity contribution in [2.75, 3.05) is 36.0 Å². The van der Waals surface area contributed by atoms with Crippen LogP contribution in [0.1, 0.15) is 39.5 Å². The van der Waals surface area contributed by atoms with Crippen LogP contribution in [-0.2, 0) is 0 Å². The molecule has 2 atom stereocenters. The summed E-state index contributed by atoms with van der Waals surface area (Å²) in [6.45, 7) is 9.27. The smallest absolute Gasteiger partial charge is 0.0370 e. The van der Waals surface area contributed by atoms with E-state index in [2.05, 4.69) is 53.2 Å². The maximum Gasteiger partial charge on any atom is 0.0370 e. The van der Waals surface area contributed by atoms with Crippen molar-refractivity contribution in [3.8, 4) is 0 Å². The number of hydrogen-bond acceptors (Lipinski definition) is 3. The Labute approximate surface area is 129 Å². The summed E-state index contributed by atoms with van der Waals surface area (Å²) in [5.41, 5.74) is 2.78. The van der Waals surface area contributed by atoms with Crippen molar-refractivity contribution in [1.82, 2.24) is 5.32 Å². The number of nitrogens with one attached hydrogen (secondary N) is 1. The lowest BCUT2D eigenvalue weighted by Gasteiger charge is -2.39. The van der Waals surface area contributed by atoms with E-state index in [9.17, 15) is 0 Å². The molecule has 2 fully saturated rings. The van der Waals surface area contributed by atoms with E-state index in [0.29, 0.717) is 12.1 Å². The first-order valence-electron chi connectivity index (χ1n) is 8.63. The third-order valence-corrected chi connectivity index (χ3v) is 5.02. The van der Waals surface area contributed by atoms with Crippen molar-refractivity contribution in [1.29, 1.82) is 0 Å². The minimum absolute atomic E-state index is 0.625. The number of piperidine rings is 1. The van der Waals surface area contributed by atoms with Crippen LogP contribution in [0.3, 0.4) is 0 Å². The van der Waals surface area contributed by atoms with Crippen molar-refractivity contribution in [3.63, 3.8) is 0 Å². The molecule has 2 saturated heterocycles. The van der Waals surface area contributed by atoms with Gasteiger partial charge in [0, 0.05) is 43.1 Å². The molecule has 0 aliphatic carbocycles. The van der Waals surface area contributed by atoms with Crippen LogP contribution in [0.15, 0.2) is 24.3 Å². The molecule has 2 aliphatic heterocycles. The molecule has 116 valence electrons. The number of rotatable bonds is 4. The SMILES string of the molecule is CCNC1CCN(c2ccc(N3CCCC3)cc2)C(C)C1. The normalized spacial score (nSPS) is 26.4. The summed E-state index contributed by atoms with van der Waals surface area (Å²) in [4.78, 5) is 5.08. The van der Waals surface area contributed by atoms with Crippen LogP contribution in [0.2, 0.25) is 0 Å². The van der Waals surface area contributed by atoms with Crippen LogP contribution >= 0.6 is 0 Å². The molecule has 3 heteroatoms. The standard InChI is InChI=1S/C18H29N3/c1-3-19-16-10-13-21(15(2)14-16)18-8-6-17(7-9-18)20-11-4-5-12-20/h6-9,15-16,19H,3-5,10-14H2,1-2H3. The Morgan fingerprint density at radius 1 is 1.05 bits per heavy atom. The van der Waals surface area contributed by atoms with Gasteiger partial charge in [0.15, 0.2) is 0 Å². The number of anilines is 2. The van der Waals surface area contributed by atoms with Crippen molar-refractivity contribution in [3.05, 3.63) is 24.3 Å². The summed E-state index contributed by atoms with van der Waals surface area (Å²) >= 11 is 0. The third-order valence-electron chi connectivity index (χ3n) is 5.02.